The van der Waals surface area contributed by atoms with Crippen molar-refractivity contribution in [2.45, 2.75) is 45.1 Å². The first kappa shape index (κ1) is 31.0. The summed E-state index contributed by atoms with van der Waals surface area (Å²) in [4.78, 5) is 26.9. The zero-order valence-electron chi connectivity index (χ0n) is 21.5. The lowest BCUT2D eigenvalue weighted by Crippen LogP contribution is -2.39. The quantitative estimate of drug-likeness (QED) is 0.464. The van der Waals surface area contributed by atoms with Crippen molar-refractivity contribution in [1.82, 2.24) is 14.8 Å². The van der Waals surface area contributed by atoms with Crippen LogP contribution in [0.3, 0.4) is 0 Å². The molecule has 2 N–H and O–H groups in total. The number of piperidine rings is 1. The number of rotatable bonds is 8. The van der Waals surface area contributed by atoms with Gasteiger partial charge in [0.05, 0.1) is 5.92 Å². The van der Waals surface area contributed by atoms with Crippen LogP contribution in [0.5, 0.6) is 0 Å². The number of alkyl halides is 6. The molecule has 0 atom stereocenters. The highest BCUT2D eigenvalue weighted by molar-refractivity contribution is 7.07. The van der Waals surface area contributed by atoms with Gasteiger partial charge in [-0.3, -0.25) is 14.2 Å². The smallest absolute Gasteiger partial charge is 0.355 e. The monoisotopic (exact) mass is 587 g/mol. The highest BCUT2D eigenvalue weighted by Gasteiger charge is 2.40. The van der Waals surface area contributed by atoms with Gasteiger partial charge in [-0.2, -0.15) is 31.6 Å². The van der Waals surface area contributed by atoms with Crippen molar-refractivity contribution in [3.05, 3.63) is 55.6 Å². The summed E-state index contributed by atoms with van der Waals surface area (Å²) in [5, 5.41) is 14.0. The van der Waals surface area contributed by atoms with E-state index in [9.17, 15) is 41.2 Å². The summed E-state index contributed by atoms with van der Waals surface area (Å²) in [5.74, 6) is -2.48. The Labute approximate surface area is 229 Å². The van der Waals surface area contributed by atoms with Gasteiger partial charge in [-0.25, -0.2) is 0 Å². The van der Waals surface area contributed by atoms with Gasteiger partial charge in [-0.1, -0.05) is 17.9 Å². The van der Waals surface area contributed by atoms with E-state index in [-0.39, 0.29) is 28.6 Å². The summed E-state index contributed by atoms with van der Waals surface area (Å²) in [5.41, 5.74) is 3.23. The third-order valence-corrected chi connectivity index (χ3v) is 7.45. The van der Waals surface area contributed by atoms with Gasteiger partial charge >= 0.3 is 12.4 Å². The molecular weight excluding hydrogens is 560 g/mol. The van der Waals surface area contributed by atoms with Crippen molar-refractivity contribution >= 4 is 34.2 Å². The molecule has 216 valence electrons. The molecule has 7 nitrogen and oxygen atoms in total. The number of aromatic nitrogens is 1. The van der Waals surface area contributed by atoms with Gasteiger partial charge in [0.1, 0.15) is 21.8 Å². The molecule has 3 rings (SSSR count). The van der Waals surface area contributed by atoms with Crippen LogP contribution >= 0.6 is 11.3 Å². The maximum Gasteiger partial charge on any atom is 0.405 e. The average Bonchev–Trinajstić information content (AvgIpc) is 3.21. The lowest BCUT2D eigenvalue weighted by atomic mass is 9.96. The van der Waals surface area contributed by atoms with E-state index in [1.54, 1.807) is 24.4 Å². The normalized spacial score (nSPS) is 15.7. The summed E-state index contributed by atoms with van der Waals surface area (Å²) in [6.45, 7) is 1.47. The lowest BCUT2D eigenvalue weighted by molar-refractivity contribution is -0.185. The van der Waals surface area contributed by atoms with Gasteiger partial charge in [0, 0.05) is 25.0 Å². The number of carbonyl (C=O) groups excluding carboxylic acids is 1. The first-order chi connectivity index (χ1) is 18.8. The predicted molar refractivity (Wildman–Crippen MR) is 139 cm³/mol. The second-order valence-corrected chi connectivity index (χ2v) is 10.1. The van der Waals surface area contributed by atoms with Crippen molar-refractivity contribution in [2.75, 3.05) is 31.5 Å². The number of benzene rings is 1. The minimum atomic E-state index is -4.66. The highest BCUT2D eigenvalue weighted by Crippen LogP contribution is 2.34. The fourth-order valence-electron chi connectivity index (χ4n) is 4.21. The van der Waals surface area contributed by atoms with E-state index in [2.05, 4.69) is 11.0 Å². The Kier molecular flexibility index (Phi) is 10.2. The maximum atomic E-state index is 12.9. The number of nitrogens with one attached hydrogen (secondary N) is 2. The third kappa shape index (κ3) is 8.48. The van der Waals surface area contributed by atoms with E-state index in [0.717, 1.165) is 21.5 Å². The number of hydrogen-bond donors (Lipinski definition) is 2. The number of halogens is 6. The SMILES string of the molecule is CCn1c(=O)c(=C=CNc2cccc(CCN3CCC(C(F)(F)F)CC3)c2)s/c1=C(/C#N)C(=O)NCC(F)(F)F. The van der Waals surface area contributed by atoms with E-state index in [1.807, 2.05) is 23.1 Å². The van der Waals surface area contributed by atoms with Crippen LogP contribution in [-0.4, -0.2) is 53.9 Å². The van der Waals surface area contributed by atoms with Crippen molar-refractivity contribution in [1.29, 1.82) is 5.26 Å². The van der Waals surface area contributed by atoms with Crippen molar-refractivity contribution in [3.63, 3.8) is 0 Å². The van der Waals surface area contributed by atoms with E-state index < -0.39 is 41.9 Å². The number of anilines is 1. The molecule has 2 aromatic rings. The molecule has 0 bridgehead atoms. The van der Waals surface area contributed by atoms with Crippen LogP contribution in [0, 0.1) is 17.2 Å². The fourth-order valence-corrected chi connectivity index (χ4v) is 5.28. The van der Waals surface area contributed by atoms with Crippen molar-refractivity contribution in [2.24, 2.45) is 5.92 Å². The van der Waals surface area contributed by atoms with Gasteiger partial charge in [0.25, 0.3) is 11.5 Å². The van der Waals surface area contributed by atoms with Crippen LogP contribution in [0.1, 0.15) is 25.3 Å². The van der Waals surface area contributed by atoms with Crippen LogP contribution < -0.4 is 25.4 Å². The molecule has 14 heteroatoms. The molecule has 0 saturated carbocycles. The molecule has 0 spiro atoms. The van der Waals surface area contributed by atoms with Gasteiger partial charge < -0.3 is 15.5 Å². The first-order valence-corrected chi connectivity index (χ1v) is 13.2. The van der Waals surface area contributed by atoms with Gasteiger partial charge in [-0.05, 0) is 57.0 Å². The Balaban J connectivity index is 1.73. The molecule has 1 saturated heterocycles. The van der Waals surface area contributed by atoms with Crippen molar-refractivity contribution < 1.29 is 31.1 Å². The Bertz CT molecular complexity index is 1460. The van der Waals surface area contributed by atoms with Crippen LogP contribution in [0.25, 0.3) is 11.3 Å². The Morgan fingerprint density at radius 2 is 1.90 bits per heavy atom. The van der Waals surface area contributed by atoms with Crippen LogP contribution in [-0.2, 0) is 17.8 Å². The largest absolute Gasteiger partial charge is 0.405 e. The van der Waals surface area contributed by atoms with E-state index in [4.69, 9.17) is 0 Å². The molecular formula is C26H27F6N5O2S. The number of thiazole rings is 1. The van der Waals surface area contributed by atoms with Crippen LogP contribution in [0.2, 0.25) is 0 Å². The molecule has 1 aromatic heterocycles. The first-order valence-electron chi connectivity index (χ1n) is 12.4. The highest BCUT2D eigenvalue weighted by atomic mass is 32.1. The Morgan fingerprint density at radius 1 is 1.20 bits per heavy atom. The topological polar surface area (TPSA) is 90.2 Å². The molecule has 0 unspecified atom stereocenters. The third-order valence-electron chi connectivity index (χ3n) is 6.34. The second kappa shape index (κ2) is 13.2. The van der Waals surface area contributed by atoms with Crippen molar-refractivity contribution in [3.8, 4) is 6.07 Å². The number of nitrogens with zero attached hydrogens (tertiary/aromatic N) is 3. The van der Waals surface area contributed by atoms with Crippen LogP contribution in [0.15, 0.2) is 35.3 Å². The Hall–Kier alpha value is -3.53. The van der Waals surface area contributed by atoms with Crippen LogP contribution in [0.4, 0.5) is 32.0 Å². The number of amides is 1. The molecule has 40 heavy (non-hydrogen) atoms. The minimum absolute atomic E-state index is 0.0409. The summed E-state index contributed by atoms with van der Waals surface area (Å²) >= 11 is 0.759. The molecule has 2 heterocycles. The van der Waals surface area contributed by atoms with Gasteiger partial charge in [0.15, 0.2) is 5.57 Å². The second-order valence-electron chi connectivity index (χ2n) is 9.11. The molecule has 1 aliphatic rings. The molecule has 1 amide bonds. The summed E-state index contributed by atoms with van der Waals surface area (Å²) < 4.78 is 77.1. The van der Waals surface area contributed by atoms with Gasteiger partial charge in [0.2, 0.25) is 0 Å². The van der Waals surface area contributed by atoms with E-state index in [0.29, 0.717) is 31.7 Å². The number of likely N-dealkylation sites (tertiary alicyclic amines) is 1. The zero-order valence-corrected chi connectivity index (χ0v) is 22.3. The number of nitriles is 1. The zero-order chi connectivity index (χ0) is 29.5. The lowest BCUT2D eigenvalue weighted by Gasteiger charge is -2.32. The fraction of sp³-hybridized carbons (Fsp3) is 0.462. The van der Waals surface area contributed by atoms with E-state index in [1.165, 1.54) is 6.20 Å². The number of carbonyl (C=O) groups is 1. The molecule has 0 aliphatic carbocycles. The maximum absolute atomic E-state index is 12.9. The van der Waals surface area contributed by atoms with E-state index >= 15 is 0 Å². The summed E-state index contributed by atoms with van der Waals surface area (Å²) in [6.07, 6.45) is -6.60. The summed E-state index contributed by atoms with van der Waals surface area (Å²) in [6, 6.07) is 8.92. The predicted octanol–water partition coefficient (Wildman–Crippen LogP) is 3.10. The minimum Gasteiger partial charge on any atom is -0.355 e. The average molecular weight is 588 g/mol. The molecule has 1 aromatic carbocycles. The standard InChI is InChI=1S/C26H27F6N5O2S/c1-2-37-23(39)21(40-24(37)20(15-33)22(38)35-16-25(27,28)29)6-10-34-19-5-3-4-17(14-19)7-11-36-12-8-18(9-13-36)26(30,31)32/h3-5,10,14,18,34H,2,7-9,11-13,16H2,1H3,(H,35,38)/b24-20-. The molecule has 1 fully saturated rings. The molecule has 0 radical (unpaired) electrons. The molecule has 1 aliphatic heterocycles. The number of hydrogen-bond acceptors (Lipinski definition) is 6. The Morgan fingerprint density at radius 3 is 2.50 bits per heavy atom. The van der Waals surface area contributed by atoms with Gasteiger partial charge in [-0.15, -0.1) is 11.3 Å². The summed E-state index contributed by atoms with van der Waals surface area (Å²) in [7, 11) is 0.